The molecule has 0 unspecified atom stereocenters. The molecule has 1 saturated heterocycles. The Labute approximate surface area is 181 Å². The number of piperidine rings is 1. The van der Waals surface area contributed by atoms with Crippen molar-refractivity contribution in [1.82, 2.24) is 5.32 Å². The minimum absolute atomic E-state index is 0.0199. The second-order valence-electron chi connectivity index (χ2n) is 8.62. The lowest BCUT2D eigenvalue weighted by Gasteiger charge is -2.48. The molecular weight excluding hydrogens is 433 g/mol. The van der Waals surface area contributed by atoms with Crippen LogP contribution in [0.2, 0.25) is 10.0 Å². The van der Waals surface area contributed by atoms with Crippen LogP contribution in [-0.2, 0) is 15.0 Å². The van der Waals surface area contributed by atoms with Crippen LogP contribution in [-0.4, -0.2) is 23.8 Å². The van der Waals surface area contributed by atoms with Gasteiger partial charge in [0.05, 0.1) is 11.5 Å². The Morgan fingerprint density at radius 3 is 2.43 bits per heavy atom. The van der Waals surface area contributed by atoms with Crippen LogP contribution in [0.3, 0.4) is 0 Å². The molecule has 156 valence electrons. The van der Waals surface area contributed by atoms with Crippen LogP contribution in [0.5, 0.6) is 0 Å². The second-order valence-corrected chi connectivity index (χ2v) is 9.50. The average molecular weight is 451 g/mol. The van der Waals surface area contributed by atoms with Crippen LogP contribution in [0.15, 0.2) is 42.5 Å². The Hall–Kier alpha value is -2.18. The predicted molar refractivity (Wildman–Crippen MR) is 110 cm³/mol. The molecular formula is C22H18Cl2F2N2O2. The van der Waals surface area contributed by atoms with Crippen molar-refractivity contribution in [3.05, 3.63) is 63.6 Å². The van der Waals surface area contributed by atoms with Crippen molar-refractivity contribution in [1.29, 1.82) is 0 Å². The van der Waals surface area contributed by atoms with Gasteiger partial charge in [-0.3, -0.25) is 9.59 Å². The first-order valence-electron chi connectivity index (χ1n) is 9.64. The number of alkyl halides is 2. The summed E-state index contributed by atoms with van der Waals surface area (Å²) in [7, 11) is 0. The van der Waals surface area contributed by atoms with Gasteiger partial charge in [0.25, 0.3) is 5.92 Å². The van der Waals surface area contributed by atoms with Gasteiger partial charge in [-0.15, -0.1) is 0 Å². The van der Waals surface area contributed by atoms with E-state index in [2.05, 4.69) is 10.6 Å². The van der Waals surface area contributed by atoms with Crippen LogP contribution in [0, 0.1) is 5.41 Å². The molecule has 2 aliphatic heterocycles. The molecule has 30 heavy (non-hydrogen) atoms. The van der Waals surface area contributed by atoms with Gasteiger partial charge in [-0.25, -0.2) is 8.78 Å². The Balaban J connectivity index is 1.79. The fourth-order valence-electron chi connectivity index (χ4n) is 5.34. The smallest absolute Gasteiger partial charge is 0.256 e. The molecule has 2 N–H and O–H groups in total. The quantitative estimate of drug-likeness (QED) is 0.683. The van der Waals surface area contributed by atoms with E-state index in [0.717, 1.165) is 0 Å². The summed E-state index contributed by atoms with van der Waals surface area (Å²) in [4.78, 5) is 26.3. The van der Waals surface area contributed by atoms with Crippen molar-refractivity contribution in [2.45, 2.75) is 43.1 Å². The van der Waals surface area contributed by atoms with Crippen LogP contribution >= 0.6 is 23.2 Å². The molecule has 2 fully saturated rings. The maximum atomic E-state index is 14.6. The van der Waals surface area contributed by atoms with E-state index in [4.69, 9.17) is 23.2 Å². The van der Waals surface area contributed by atoms with Crippen molar-refractivity contribution < 1.29 is 18.4 Å². The Bertz CT molecular complexity index is 1110. The zero-order valence-electron chi connectivity index (χ0n) is 15.9. The summed E-state index contributed by atoms with van der Waals surface area (Å²) in [6.07, 6.45) is -0.418. The molecule has 2 heterocycles. The third kappa shape index (κ3) is 2.50. The maximum Gasteiger partial charge on any atom is 0.256 e. The number of hydrogen-bond acceptors (Lipinski definition) is 2. The predicted octanol–water partition coefficient (Wildman–Crippen LogP) is 4.90. The minimum Gasteiger partial charge on any atom is -0.351 e. The highest BCUT2D eigenvalue weighted by Crippen LogP contribution is 2.68. The van der Waals surface area contributed by atoms with E-state index in [0.29, 0.717) is 26.9 Å². The van der Waals surface area contributed by atoms with E-state index >= 15 is 0 Å². The fraction of sp³-hybridized carbons (Fsp3) is 0.364. The van der Waals surface area contributed by atoms with Gasteiger partial charge in [0, 0.05) is 34.5 Å². The Morgan fingerprint density at radius 2 is 1.77 bits per heavy atom. The van der Waals surface area contributed by atoms with Crippen molar-refractivity contribution >= 4 is 40.7 Å². The first-order valence-corrected chi connectivity index (χ1v) is 10.4. The summed E-state index contributed by atoms with van der Waals surface area (Å²) in [5, 5.41) is 6.46. The number of halogens is 4. The van der Waals surface area contributed by atoms with Crippen molar-refractivity contribution in [3.63, 3.8) is 0 Å². The zero-order chi connectivity index (χ0) is 21.5. The van der Waals surface area contributed by atoms with E-state index in [9.17, 15) is 18.4 Å². The molecule has 0 aromatic heterocycles. The van der Waals surface area contributed by atoms with Crippen molar-refractivity contribution in [3.8, 4) is 0 Å². The minimum atomic E-state index is -2.98. The topological polar surface area (TPSA) is 58.2 Å². The number of carbonyl (C=O) groups is 2. The monoisotopic (exact) mass is 450 g/mol. The summed E-state index contributed by atoms with van der Waals surface area (Å²) in [6.45, 7) is 1.43. The van der Waals surface area contributed by atoms with E-state index in [1.165, 1.54) is 6.92 Å². The molecule has 5 rings (SSSR count). The molecule has 2 aromatic carbocycles. The average Bonchev–Trinajstić information content (AvgIpc) is 3.06. The number of benzene rings is 2. The number of amides is 2. The summed E-state index contributed by atoms with van der Waals surface area (Å²) in [6, 6.07) is 10.7. The number of nitrogens with one attached hydrogen (secondary N) is 2. The summed E-state index contributed by atoms with van der Waals surface area (Å²) in [5.74, 6) is -4.43. The summed E-state index contributed by atoms with van der Waals surface area (Å²) in [5.41, 5.74) is -1.25. The molecule has 4 atom stereocenters. The van der Waals surface area contributed by atoms with Gasteiger partial charge in [-0.05, 0) is 35.4 Å². The van der Waals surface area contributed by atoms with Crippen LogP contribution in [0.1, 0.15) is 36.8 Å². The third-order valence-corrected chi connectivity index (χ3v) is 7.41. The van der Waals surface area contributed by atoms with Gasteiger partial charge in [0.2, 0.25) is 11.8 Å². The number of carbonyl (C=O) groups excluding carboxylic acids is 2. The lowest BCUT2D eigenvalue weighted by molar-refractivity contribution is -0.134. The number of rotatable bonds is 2. The molecule has 8 heteroatoms. The largest absolute Gasteiger partial charge is 0.351 e. The van der Waals surface area contributed by atoms with E-state index in [1.54, 1.807) is 42.5 Å². The summed E-state index contributed by atoms with van der Waals surface area (Å²) < 4.78 is 29.1. The van der Waals surface area contributed by atoms with Gasteiger partial charge < -0.3 is 10.6 Å². The SMILES string of the molecule is C[C@]1([C@@H]2NC(=O)C[C@@H](c3cccc(Cl)c3)[C@]23C(=O)Nc2cc(Cl)ccc23)CC1(F)F. The second kappa shape index (κ2) is 6.17. The van der Waals surface area contributed by atoms with Crippen molar-refractivity contribution in [2.75, 3.05) is 5.32 Å². The van der Waals surface area contributed by atoms with Gasteiger partial charge in [-0.2, -0.15) is 0 Å². The number of anilines is 1. The lowest BCUT2D eigenvalue weighted by atomic mass is 9.57. The van der Waals surface area contributed by atoms with Crippen LogP contribution in [0.25, 0.3) is 0 Å². The number of hydrogen-bond donors (Lipinski definition) is 2. The molecule has 3 aliphatic rings. The van der Waals surface area contributed by atoms with E-state index < -0.39 is 41.0 Å². The maximum absolute atomic E-state index is 14.6. The first-order chi connectivity index (χ1) is 14.1. The van der Waals surface area contributed by atoms with Gasteiger partial charge in [0.15, 0.2) is 0 Å². The van der Waals surface area contributed by atoms with E-state index in [1.807, 2.05) is 0 Å². The highest BCUT2D eigenvalue weighted by Gasteiger charge is 2.78. The Kier molecular flexibility index (Phi) is 4.07. The van der Waals surface area contributed by atoms with Gasteiger partial charge in [0.1, 0.15) is 5.41 Å². The molecule has 2 amide bonds. The number of fused-ring (bicyclic) bond motifs is 2. The van der Waals surface area contributed by atoms with Crippen LogP contribution in [0.4, 0.5) is 14.5 Å². The fourth-order valence-corrected chi connectivity index (χ4v) is 5.71. The first kappa shape index (κ1) is 19.8. The third-order valence-electron chi connectivity index (χ3n) is 6.94. The normalized spacial score (nSPS) is 33.8. The molecule has 1 saturated carbocycles. The molecule has 0 radical (unpaired) electrons. The molecule has 2 aromatic rings. The standard InChI is InChI=1S/C22H18Cl2F2N2O2/c1-20(10-21(20,25)26)18-22(14-6-5-13(24)8-16(14)27-19(22)30)15(9-17(29)28-18)11-3-2-4-12(23)7-11/h2-8,15,18H,9-10H2,1H3,(H,27,30)(H,28,29)/t15-,18-,20+,22-/m0/s1. The van der Waals surface area contributed by atoms with Gasteiger partial charge >= 0.3 is 0 Å². The van der Waals surface area contributed by atoms with Gasteiger partial charge in [-0.1, -0.05) is 48.3 Å². The molecule has 1 aliphatic carbocycles. The highest BCUT2D eigenvalue weighted by atomic mass is 35.5. The van der Waals surface area contributed by atoms with Crippen molar-refractivity contribution in [2.24, 2.45) is 5.41 Å². The Morgan fingerprint density at radius 1 is 1.07 bits per heavy atom. The molecule has 0 bridgehead atoms. The molecule has 1 spiro atoms. The van der Waals surface area contributed by atoms with Crippen LogP contribution < -0.4 is 10.6 Å². The highest BCUT2D eigenvalue weighted by molar-refractivity contribution is 6.31. The lowest BCUT2D eigenvalue weighted by Crippen LogP contribution is -2.65. The zero-order valence-corrected chi connectivity index (χ0v) is 17.5. The summed E-state index contributed by atoms with van der Waals surface area (Å²) >= 11 is 12.3. The van der Waals surface area contributed by atoms with E-state index in [-0.39, 0.29) is 12.3 Å². The molecule has 4 nitrogen and oxygen atoms in total.